The summed E-state index contributed by atoms with van der Waals surface area (Å²) in [7, 11) is 0. The Bertz CT molecular complexity index is 1150. The highest BCUT2D eigenvalue weighted by Crippen LogP contribution is 2.42. The first-order valence-corrected chi connectivity index (χ1v) is 17.3. The second-order valence-electron chi connectivity index (χ2n) is 12.9. The zero-order valence-electron chi connectivity index (χ0n) is 26.0. The standard InChI is InChI=1S/C38H54O4/c39-37(40)33-28-32(29-22-16-10-4-1-5-11-17-23-29)34(30-24-18-12-6-2-7-13-19-25-30)36(38(41)42)35(33)31-26-20-14-8-3-9-15-21-27-31/h22,24,26,28H,1-21,23,25,27H2,(H,39,40)(H,41,42)/b29-22+,30-24+,31-26+. The molecule has 0 saturated heterocycles. The fraction of sp³-hybridized carbons (Fsp3) is 0.632. The fourth-order valence-corrected chi connectivity index (χ4v) is 7.32. The monoisotopic (exact) mass is 574 g/mol. The zero-order valence-corrected chi connectivity index (χ0v) is 26.0. The average Bonchev–Trinajstić information content (AvgIpc) is 3.00. The van der Waals surface area contributed by atoms with Crippen LogP contribution in [0.2, 0.25) is 0 Å². The van der Waals surface area contributed by atoms with Gasteiger partial charge >= 0.3 is 11.9 Å². The fourth-order valence-electron chi connectivity index (χ4n) is 7.32. The van der Waals surface area contributed by atoms with E-state index in [1.54, 1.807) is 0 Å². The highest BCUT2D eigenvalue weighted by Gasteiger charge is 2.30. The third-order valence-electron chi connectivity index (χ3n) is 9.63. The predicted octanol–water partition coefficient (Wildman–Crippen LogP) is 11.6. The van der Waals surface area contributed by atoms with Gasteiger partial charge in [-0.05, 0) is 111 Å². The van der Waals surface area contributed by atoms with Crippen molar-refractivity contribution in [2.24, 2.45) is 0 Å². The van der Waals surface area contributed by atoms with Crippen molar-refractivity contribution in [2.75, 3.05) is 0 Å². The summed E-state index contributed by atoms with van der Waals surface area (Å²) in [5, 5.41) is 21.6. The molecule has 0 aliphatic heterocycles. The Kier molecular flexibility index (Phi) is 13.4. The first-order chi connectivity index (χ1) is 20.6. The van der Waals surface area contributed by atoms with Gasteiger partial charge < -0.3 is 10.2 Å². The summed E-state index contributed by atoms with van der Waals surface area (Å²) >= 11 is 0. The van der Waals surface area contributed by atoms with Crippen molar-refractivity contribution in [1.82, 2.24) is 0 Å². The lowest BCUT2D eigenvalue weighted by molar-refractivity contribution is 0.0695. The number of rotatable bonds is 5. The van der Waals surface area contributed by atoms with Crippen LogP contribution in [0.3, 0.4) is 0 Å². The van der Waals surface area contributed by atoms with Crippen LogP contribution in [0.5, 0.6) is 0 Å². The van der Waals surface area contributed by atoms with E-state index < -0.39 is 11.9 Å². The SMILES string of the molecule is O=C(O)c1cc(/C2=C/CCCCCCCC2)c(/C2=C/CCCCCCCC2)c(C(=O)O)c1/C1=C/CCCCCCCC1. The minimum atomic E-state index is -1.02. The van der Waals surface area contributed by atoms with Crippen molar-refractivity contribution in [3.05, 3.63) is 52.1 Å². The van der Waals surface area contributed by atoms with E-state index in [0.717, 1.165) is 124 Å². The topological polar surface area (TPSA) is 74.6 Å². The Morgan fingerprint density at radius 2 is 0.833 bits per heavy atom. The maximum atomic E-state index is 13.4. The van der Waals surface area contributed by atoms with Crippen molar-refractivity contribution < 1.29 is 19.8 Å². The highest BCUT2D eigenvalue weighted by atomic mass is 16.4. The van der Waals surface area contributed by atoms with Gasteiger partial charge in [0.2, 0.25) is 0 Å². The van der Waals surface area contributed by atoms with E-state index in [2.05, 4.69) is 18.2 Å². The lowest BCUT2D eigenvalue weighted by Crippen LogP contribution is -2.16. The molecule has 4 nitrogen and oxygen atoms in total. The van der Waals surface area contributed by atoms with Crippen LogP contribution < -0.4 is 0 Å². The first-order valence-electron chi connectivity index (χ1n) is 17.3. The second-order valence-corrected chi connectivity index (χ2v) is 12.9. The van der Waals surface area contributed by atoms with Gasteiger partial charge in [0.05, 0.1) is 11.1 Å². The molecule has 0 bridgehead atoms. The van der Waals surface area contributed by atoms with E-state index in [-0.39, 0.29) is 11.1 Å². The van der Waals surface area contributed by atoms with Crippen molar-refractivity contribution in [1.29, 1.82) is 0 Å². The smallest absolute Gasteiger partial charge is 0.336 e. The van der Waals surface area contributed by atoms with Crippen LogP contribution in [0.25, 0.3) is 16.7 Å². The third-order valence-corrected chi connectivity index (χ3v) is 9.63. The van der Waals surface area contributed by atoms with E-state index in [1.807, 2.05) is 6.07 Å². The molecular weight excluding hydrogens is 520 g/mol. The van der Waals surface area contributed by atoms with Gasteiger partial charge in [-0.2, -0.15) is 0 Å². The largest absolute Gasteiger partial charge is 0.478 e. The van der Waals surface area contributed by atoms with Crippen LogP contribution >= 0.6 is 0 Å². The van der Waals surface area contributed by atoms with Gasteiger partial charge in [0.25, 0.3) is 0 Å². The van der Waals surface area contributed by atoms with Gasteiger partial charge in [0, 0.05) is 5.56 Å². The van der Waals surface area contributed by atoms with Gasteiger partial charge in [-0.3, -0.25) is 0 Å². The molecule has 0 saturated carbocycles. The number of carboxylic acid groups (broad SMARTS) is 2. The number of carbonyl (C=O) groups is 2. The molecule has 1 aromatic carbocycles. The highest BCUT2D eigenvalue weighted by molar-refractivity contribution is 6.08. The molecule has 3 aliphatic rings. The molecule has 230 valence electrons. The van der Waals surface area contributed by atoms with Crippen LogP contribution in [0.4, 0.5) is 0 Å². The summed E-state index contributed by atoms with van der Waals surface area (Å²) in [4.78, 5) is 26.4. The number of carboxylic acids is 2. The van der Waals surface area contributed by atoms with E-state index in [4.69, 9.17) is 0 Å². The van der Waals surface area contributed by atoms with Crippen LogP contribution in [-0.2, 0) is 0 Å². The van der Waals surface area contributed by atoms with Crippen molar-refractivity contribution in [3.8, 4) is 0 Å². The molecule has 0 spiro atoms. The van der Waals surface area contributed by atoms with Crippen LogP contribution in [0.15, 0.2) is 24.3 Å². The van der Waals surface area contributed by atoms with E-state index in [9.17, 15) is 19.8 Å². The molecule has 0 aromatic heterocycles. The molecule has 0 amide bonds. The summed E-state index contributed by atoms with van der Waals surface area (Å²) in [6.45, 7) is 0. The third kappa shape index (κ3) is 9.19. The number of hydrogen-bond donors (Lipinski definition) is 2. The van der Waals surface area contributed by atoms with Crippen molar-refractivity contribution >= 4 is 28.7 Å². The number of aromatic carboxylic acids is 2. The molecule has 0 heterocycles. The molecule has 0 atom stereocenters. The summed E-state index contributed by atoms with van der Waals surface area (Å²) in [6, 6.07) is 1.89. The summed E-state index contributed by atoms with van der Waals surface area (Å²) in [6.07, 6.45) is 32.9. The van der Waals surface area contributed by atoms with E-state index in [0.29, 0.717) is 5.56 Å². The summed E-state index contributed by atoms with van der Waals surface area (Å²) < 4.78 is 0. The van der Waals surface area contributed by atoms with Gasteiger partial charge in [-0.25, -0.2) is 9.59 Å². The molecule has 4 heteroatoms. The molecule has 1 aromatic rings. The lowest BCUT2D eigenvalue weighted by atomic mass is 9.78. The Balaban J connectivity index is 1.99. The molecule has 0 radical (unpaired) electrons. The Labute approximate surface area is 254 Å². The maximum absolute atomic E-state index is 13.4. The quantitative estimate of drug-likeness (QED) is 0.367. The Hall–Kier alpha value is -2.62. The molecule has 4 rings (SSSR count). The normalized spacial score (nSPS) is 24.5. The molecular formula is C38H54O4. The van der Waals surface area contributed by atoms with Gasteiger partial charge in [-0.15, -0.1) is 0 Å². The summed E-state index contributed by atoms with van der Waals surface area (Å²) in [5.41, 5.74) is 5.81. The average molecular weight is 575 g/mol. The van der Waals surface area contributed by atoms with Gasteiger partial charge in [0.15, 0.2) is 0 Å². The summed E-state index contributed by atoms with van der Waals surface area (Å²) in [5.74, 6) is -2.00. The zero-order chi connectivity index (χ0) is 29.6. The molecule has 0 unspecified atom stereocenters. The van der Waals surface area contributed by atoms with Gasteiger partial charge in [0.1, 0.15) is 0 Å². The molecule has 3 aliphatic carbocycles. The maximum Gasteiger partial charge on any atom is 0.336 e. The molecule has 2 N–H and O–H groups in total. The van der Waals surface area contributed by atoms with E-state index >= 15 is 0 Å². The van der Waals surface area contributed by atoms with Crippen LogP contribution in [-0.4, -0.2) is 22.2 Å². The first kappa shape index (κ1) is 32.3. The lowest BCUT2D eigenvalue weighted by Gasteiger charge is -2.25. The Morgan fingerprint density at radius 1 is 0.452 bits per heavy atom. The number of benzene rings is 1. The molecule has 42 heavy (non-hydrogen) atoms. The number of allylic oxidation sites excluding steroid dienone is 6. The van der Waals surface area contributed by atoms with Crippen LogP contribution in [0, 0.1) is 0 Å². The second kappa shape index (κ2) is 17.5. The van der Waals surface area contributed by atoms with Gasteiger partial charge in [-0.1, -0.05) is 95.3 Å². The minimum Gasteiger partial charge on any atom is -0.478 e. The minimum absolute atomic E-state index is 0.174. The molecule has 0 fully saturated rings. The number of hydrogen-bond acceptors (Lipinski definition) is 2. The van der Waals surface area contributed by atoms with E-state index in [1.165, 1.54) is 57.8 Å². The van der Waals surface area contributed by atoms with Crippen molar-refractivity contribution in [3.63, 3.8) is 0 Å². The predicted molar refractivity (Wildman–Crippen MR) is 175 cm³/mol. The van der Waals surface area contributed by atoms with Crippen molar-refractivity contribution in [2.45, 2.75) is 154 Å². The van der Waals surface area contributed by atoms with Crippen LogP contribution in [0.1, 0.15) is 192 Å². The Morgan fingerprint density at radius 3 is 1.29 bits per heavy atom.